The van der Waals surface area contributed by atoms with Crippen LogP contribution in [0.2, 0.25) is 0 Å². The van der Waals surface area contributed by atoms with Crippen molar-refractivity contribution in [3.8, 4) is 0 Å². The molecule has 2 N–H and O–H groups in total. The topological polar surface area (TPSA) is 55.6 Å². The summed E-state index contributed by atoms with van der Waals surface area (Å²) in [5.74, 6) is 0.0402. The zero-order valence-electron chi connectivity index (χ0n) is 11.7. The zero-order chi connectivity index (χ0) is 14.2. The Labute approximate surface area is 122 Å². The number of morpholine rings is 1. The van der Waals surface area contributed by atoms with Gasteiger partial charge in [-0.2, -0.15) is 0 Å². The summed E-state index contributed by atoms with van der Waals surface area (Å²) in [6.45, 7) is 7.40. The molecule has 0 saturated carbocycles. The predicted octanol–water partition coefficient (Wildman–Crippen LogP) is 2.87. The first-order valence-electron chi connectivity index (χ1n) is 6.31. The summed E-state index contributed by atoms with van der Waals surface area (Å²) in [6.07, 6.45) is 2.39. The molecule has 0 aromatic carbocycles. The van der Waals surface area contributed by atoms with Crippen molar-refractivity contribution in [1.82, 2.24) is 0 Å². The van der Waals surface area contributed by atoms with Crippen LogP contribution in [0.3, 0.4) is 0 Å². The number of carbonyl (C=O) groups is 1. The maximum atomic E-state index is 11.6. The zero-order valence-corrected chi connectivity index (χ0v) is 13.4. The molecule has 1 aliphatic heterocycles. The predicted molar refractivity (Wildman–Crippen MR) is 82.7 cm³/mol. The van der Waals surface area contributed by atoms with E-state index in [-0.39, 0.29) is 18.0 Å². The van der Waals surface area contributed by atoms with Crippen molar-refractivity contribution in [2.75, 3.05) is 30.0 Å². The first kappa shape index (κ1) is 14.7. The van der Waals surface area contributed by atoms with Gasteiger partial charge in [-0.15, -0.1) is 23.1 Å². The molecule has 2 rings (SSSR count). The lowest BCUT2D eigenvalue weighted by Crippen LogP contribution is -2.45. The molecule has 1 fully saturated rings. The van der Waals surface area contributed by atoms with Gasteiger partial charge in [-0.25, -0.2) is 0 Å². The minimum Gasteiger partial charge on any atom is -0.396 e. The Morgan fingerprint density at radius 1 is 1.42 bits per heavy atom. The van der Waals surface area contributed by atoms with Gasteiger partial charge in [0.1, 0.15) is 5.00 Å². The Bertz CT molecular complexity index is 477. The fourth-order valence-corrected chi connectivity index (χ4v) is 4.52. The van der Waals surface area contributed by atoms with Gasteiger partial charge >= 0.3 is 0 Å². The number of Topliss-reactive ketones (excluding diaryl/α,β-unsaturated/α-hetero) is 1. The maximum Gasteiger partial charge on any atom is 0.171 e. The Balaban J connectivity index is 2.38. The van der Waals surface area contributed by atoms with E-state index in [0.29, 0.717) is 10.6 Å². The van der Waals surface area contributed by atoms with Crippen LogP contribution >= 0.6 is 23.1 Å². The molecule has 1 aromatic rings. The molecule has 106 valence electrons. The van der Waals surface area contributed by atoms with Crippen LogP contribution < -0.4 is 10.6 Å². The summed E-state index contributed by atoms with van der Waals surface area (Å²) >= 11 is 3.11. The highest BCUT2D eigenvalue weighted by atomic mass is 32.2. The summed E-state index contributed by atoms with van der Waals surface area (Å²) < 4.78 is 5.75. The Morgan fingerprint density at radius 3 is 2.47 bits per heavy atom. The summed E-state index contributed by atoms with van der Waals surface area (Å²) in [5, 5.41) is 1.11. The fraction of sp³-hybridized carbons (Fsp3) is 0.615. The number of nitrogen functional groups attached to an aromatic ring is 1. The van der Waals surface area contributed by atoms with Gasteiger partial charge in [0.25, 0.3) is 0 Å². The molecule has 19 heavy (non-hydrogen) atoms. The van der Waals surface area contributed by atoms with Crippen molar-refractivity contribution in [2.45, 2.75) is 37.9 Å². The van der Waals surface area contributed by atoms with Crippen molar-refractivity contribution >= 4 is 39.6 Å². The minimum atomic E-state index is 0.0402. The number of rotatable bonds is 3. The molecular formula is C13H20N2O2S2. The molecule has 4 nitrogen and oxygen atoms in total. The Hall–Kier alpha value is -0.720. The summed E-state index contributed by atoms with van der Waals surface area (Å²) in [5.41, 5.74) is 6.73. The summed E-state index contributed by atoms with van der Waals surface area (Å²) in [7, 11) is 0. The number of hydrogen-bond acceptors (Lipinski definition) is 6. The van der Waals surface area contributed by atoms with E-state index >= 15 is 0 Å². The first-order chi connectivity index (χ1) is 8.93. The third kappa shape index (κ3) is 2.90. The third-order valence-electron chi connectivity index (χ3n) is 3.11. The SMILES string of the molecule is CSc1c(N2CC(C)OC(C)C2)sc(C(C)=O)c1N. The van der Waals surface area contributed by atoms with Crippen molar-refractivity contribution in [1.29, 1.82) is 0 Å². The average Bonchev–Trinajstić information content (AvgIpc) is 2.65. The van der Waals surface area contributed by atoms with Gasteiger partial charge in [-0.3, -0.25) is 4.79 Å². The standard InChI is InChI=1S/C13H20N2O2S2/c1-7-5-15(6-8(2)17-7)13-12(18-4)10(14)11(19-13)9(3)16/h7-8H,5-6,14H2,1-4H3. The fourth-order valence-electron chi connectivity index (χ4n) is 2.43. The number of anilines is 2. The molecule has 1 aliphatic rings. The van der Waals surface area contributed by atoms with E-state index in [1.807, 2.05) is 6.26 Å². The van der Waals surface area contributed by atoms with Gasteiger partial charge in [0.2, 0.25) is 0 Å². The molecule has 1 saturated heterocycles. The lowest BCUT2D eigenvalue weighted by Gasteiger charge is -2.36. The van der Waals surface area contributed by atoms with E-state index in [0.717, 1.165) is 23.0 Å². The molecule has 2 unspecified atom stereocenters. The van der Waals surface area contributed by atoms with E-state index in [1.165, 1.54) is 11.3 Å². The normalized spacial score (nSPS) is 23.7. The van der Waals surface area contributed by atoms with E-state index in [4.69, 9.17) is 10.5 Å². The van der Waals surface area contributed by atoms with Crippen LogP contribution in [0.4, 0.5) is 10.7 Å². The van der Waals surface area contributed by atoms with E-state index in [1.54, 1.807) is 18.7 Å². The lowest BCUT2D eigenvalue weighted by molar-refractivity contribution is -0.00513. The number of nitrogens with two attached hydrogens (primary N) is 1. The number of thioether (sulfide) groups is 1. The molecule has 0 amide bonds. The number of ether oxygens (including phenoxy) is 1. The summed E-state index contributed by atoms with van der Waals surface area (Å²) in [4.78, 5) is 15.6. The summed E-state index contributed by atoms with van der Waals surface area (Å²) in [6, 6.07) is 0. The van der Waals surface area contributed by atoms with Gasteiger partial charge in [-0.1, -0.05) is 0 Å². The third-order valence-corrected chi connectivity index (χ3v) is 5.43. The number of ketones is 1. The Morgan fingerprint density at radius 2 is 2.00 bits per heavy atom. The van der Waals surface area contributed by atoms with E-state index in [9.17, 15) is 4.79 Å². The van der Waals surface area contributed by atoms with Gasteiger partial charge in [0.05, 0.1) is 27.7 Å². The minimum absolute atomic E-state index is 0.0402. The van der Waals surface area contributed by atoms with Gasteiger partial charge in [0.15, 0.2) is 5.78 Å². The second-order valence-corrected chi connectivity index (χ2v) is 6.72. The molecule has 0 bridgehead atoms. The van der Waals surface area contributed by atoms with Gasteiger partial charge < -0.3 is 15.4 Å². The first-order valence-corrected chi connectivity index (χ1v) is 8.35. The quantitative estimate of drug-likeness (QED) is 0.687. The van der Waals surface area contributed by atoms with Crippen molar-refractivity contribution in [3.05, 3.63) is 4.88 Å². The number of hydrogen-bond donors (Lipinski definition) is 1. The highest BCUT2D eigenvalue weighted by molar-refractivity contribution is 7.99. The number of nitrogens with zero attached hydrogens (tertiary/aromatic N) is 1. The lowest BCUT2D eigenvalue weighted by atomic mass is 10.2. The Kier molecular flexibility index (Phi) is 4.43. The monoisotopic (exact) mass is 300 g/mol. The second kappa shape index (κ2) is 5.73. The van der Waals surface area contributed by atoms with Gasteiger partial charge in [-0.05, 0) is 20.1 Å². The number of carbonyl (C=O) groups excluding carboxylic acids is 1. The van der Waals surface area contributed by atoms with Crippen molar-refractivity contribution in [2.24, 2.45) is 0 Å². The van der Waals surface area contributed by atoms with Crippen LogP contribution in [-0.2, 0) is 4.74 Å². The van der Waals surface area contributed by atoms with Crippen LogP contribution in [0.5, 0.6) is 0 Å². The smallest absolute Gasteiger partial charge is 0.171 e. The van der Waals surface area contributed by atoms with Crippen LogP contribution in [0.15, 0.2) is 4.90 Å². The maximum absolute atomic E-state index is 11.6. The molecule has 6 heteroatoms. The second-order valence-electron chi connectivity index (χ2n) is 4.90. The van der Waals surface area contributed by atoms with Crippen molar-refractivity contribution < 1.29 is 9.53 Å². The van der Waals surface area contributed by atoms with Crippen LogP contribution in [0.1, 0.15) is 30.4 Å². The van der Waals surface area contributed by atoms with E-state index < -0.39 is 0 Å². The highest BCUT2D eigenvalue weighted by Gasteiger charge is 2.28. The van der Waals surface area contributed by atoms with E-state index in [2.05, 4.69) is 18.7 Å². The number of thiophene rings is 1. The average molecular weight is 300 g/mol. The largest absolute Gasteiger partial charge is 0.396 e. The molecule has 1 aromatic heterocycles. The van der Waals surface area contributed by atoms with Crippen LogP contribution in [0, 0.1) is 0 Å². The molecule has 2 heterocycles. The highest BCUT2D eigenvalue weighted by Crippen LogP contribution is 2.44. The molecule has 0 radical (unpaired) electrons. The molecule has 2 atom stereocenters. The molecule has 0 spiro atoms. The van der Waals surface area contributed by atoms with Crippen molar-refractivity contribution in [3.63, 3.8) is 0 Å². The molecular weight excluding hydrogens is 280 g/mol. The van der Waals surface area contributed by atoms with Crippen LogP contribution in [-0.4, -0.2) is 37.3 Å². The molecule has 0 aliphatic carbocycles. The van der Waals surface area contributed by atoms with Crippen LogP contribution in [0.25, 0.3) is 0 Å². The van der Waals surface area contributed by atoms with Gasteiger partial charge in [0, 0.05) is 20.0 Å².